The monoisotopic (exact) mass is 252 g/mol. The van der Waals surface area contributed by atoms with Crippen LogP contribution in [-0.2, 0) is 9.47 Å². The van der Waals surface area contributed by atoms with Crippen molar-refractivity contribution in [3.63, 3.8) is 0 Å². The summed E-state index contributed by atoms with van der Waals surface area (Å²) in [5.74, 6) is 1.17. The summed E-state index contributed by atoms with van der Waals surface area (Å²) in [5, 5.41) is 0. The van der Waals surface area contributed by atoms with E-state index in [1.807, 2.05) is 0 Å². The van der Waals surface area contributed by atoms with Crippen LogP contribution >= 0.6 is 0 Å². The maximum atomic E-state index is 6.35. The van der Waals surface area contributed by atoms with Gasteiger partial charge in [-0.1, -0.05) is 45.4 Å². The van der Waals surface area contributed by atoms with Gasteiger partial charge in [0.05, 0.1) is 12.7 Å². The van der Waals surface area contributed by atoms with Crippen molar-refractivity contribution in [3.05, 3.63) is 0 Å². The fraction of sp³-hybridized carbons (Fsp3) is 1.00. The van der Waals surface area contributed by atoms with E-state index in [0.717, 1.165) is 19.4 Å². The van der Waals surface area contributed by atoms with Gasteiger partial charge in [-0.05, 0) is 18.8 Å². The van der Waals surface area contributed by atoms with Crippen molar-refractivity contribution in [2.24, 2.45) is 11.8 Å². The van der Waals surface area contributed by atoms with E-state index in [0.29, 0.717) is 17.9 Å². The van der Waals surface area contributed by atoms with E-state index < -0.39 is 0 Å². The van der Waals surface area contributed by atoms with Crippen LogP contribution in [0.1, 0.15) is 71.1 Å². The van der Waals surface area contributed by atoms with Crippen molar-refractivity contribution in [1.82, 2.24) is 0 Å². The highest BCUT2D eigenvalue weighted by Gasteiger charge is 2.51. The van der Waals surface area contributed by atoms with Crippen LogP contribution < -0.4 is 0 Å². The maximum absolute atomic E-state index is 6.35. The molecule has 3 heterocycles. The molecular weight excluding hydrogens is 224 g/mol. The Balaban J connectivity index is 1.69. The normalized spacial score (nSPS) is 46.2. The number of rotatable bonds is 0. The molecule has 0 aliphatic carbocycles. The topological polar surface area (TPSA) is 18.5 Å². The average molecular weight is 252 g/mol. The minimum atomic E-state index is -0.186. The molecule has 3 saturated heterocycles. The van der Waals surface area contributed by atoms with Gasteiger partial charge in [-0.25, -0.2) is 0 Å². The van der Waals surface area contributed by atoms with Crippen molar-refractivity contribution in [2.75, 3.05) is 6.61 Å². The molecule has 0 N–H and O–H groups in total. The molecule has 3 bridgehead atoms. The van der Waals surface area contributed by atoms with Crippen LogP contribution in [0.3, 0.4) is 0 Å². The van der Waals surface area contributed by atoms with Crippen molar-refractivity contribution >= 4 is 0 Å². The molecule has 0 unspecified atom stereocenters. The van der Waals surface area contributed by atoms with E-state index in [-0.39, 0.29) is 5.79 Å². The third-order valence-electron chi connectivity index (χ3n) is 5.20. The quantitative estimate of drug-likeness (QED) is 0.640. The summed E-state index contributed by atoms with van der Waals surface area (Å²) in [4.78, 5) is 0. The highest BCUT2D eigenvalue weighted by Crippen LogP contribution is 2.47. The van der Waals surface area contributed by atoms with E-state index in [2.05, 4.69) is 6.92 Å². The SMILES string of the molecule is C[C@H]1C[C@@]23CCCCCCCCC[C@H](CO2)[C@@H]1O3. The minimum absolute atomic E-state index is 0.186. The number of ether oxygens (including phenoxy) is 2. The largest absolute Gasteiger partial charge is 0.350 e. The number of fused-ring (bicyclic) bond motifs is 4. The molecule has 4 atom stereocenters. The molecule has 0 amide bonds. The third kappa shape index (κ3) is 2.60. The van der Waals surface area contributed by atoms with Crippen LogP contribution in [0.15, 0.2) is 0 Å². The Bertz CT molecular complexity index is 274. The van der Waals surface area contributed by atoms with Crippen molar-refractivity contribution in [1.29, 1.82) is 0 Å². The van der Waals surface area contributed by atoms with E-state index in [9.17, 15) is 0 Å². The summed E-state index contributed by atoms with van der Waals surface area (Å²) in [7, 11) is 0. The first kappa shape index (κ1) is 12.9. The second-order valence-electron chi connectivity index (χ2n) is 6.76. The van der Waals surface area contributed by atoms with Crippen LogP contribution in [0.25, 0.3) is 0 Å². The van der Waals surface area contributed by atoms with Crippen LogP contribution in [0.4, 0.5) is 0 Å². The lowest BCUT2D eigenvalue weighted by atomic mass is 9.88. The van der Waals surface area contributed by atoms with Gasteiger partial charge < -0.3 is 9.47 Å². The third-order valence-corrected chi connectivity index (χ3v) is 5.20. The summed E-state index contributed by atoms with van der Waals surface area (Å²) >= 11 is 0. The fourth-order valence-electron chi connectivity index (χ4n) is 4.19. The molecule has 0 aromatic rings. The van der Waals surface area contributed by atoms with Crippen LogP contribution in [0, 0.1) is 11.8 Å². The van der Waals surface area contributed by atoms with Crippen LogP contribution in [0.5, 0.6) is 0 Å². The van der Waals surface area contributed by atoms with E-state index in [1.54, 1.807) is 0 Å². The first-order valence-corrected chi connectivity index (χ1v) is 8.11. The zero-order valence-electron chi connectivity index (χ0n) is 11.8. The van der Waals surface area contributed by atoms with Gasteiger partial charge in [0, 0.05) is 18.8 Å². The molecule has 3 aliphatic heterocycles. The highest BCUT2D eigenvalue weighted by molar-refractivity contribution is 4.93. The van der Waals surface area contributed by atoms with Gasteiger partial charge in [0.1, 0.15) is 0 Å². The van der Waals surface area contributed by atoms with Gasteiger partial charge in [0.25, 0.3) is 0 Å². The lowest BCUT2D eigenvalue weighted by molar-refractivity contribution is -0.281. The predicted octanol–water partition coefficient (Wildman–Crippen LogP) is 4.28. The van der Waals surface area contributed by atoms with Crippen LogP contribution in [0.2, 0.25) is 0 Å². The molecule has 3 fully saturated rings. The molecule has 2 nitrogen and oxygen atoms in total. The summed E-state index contributed by atoms with van der Waals surface area (Å²) in [6, 6.07) is 0. The van der Waals surface area contributed by atoms with Crippen LogP contribution in [-0.4, -0.2) is 18.5 Å². The molecular formula is C16H28O2. The molecule has 0 radical (unpaired) electrons. The molecule has 0 aromatic heterocycles. The van der Waals surface area contributed by atoms with E-state index in [1.165, 1.54) is 51.4 Å². The Kier molecular flexibility index (Phi) is 3.95. The minimum Gasteiger partial charge on any atom is -0.350 e. The van der Waals surface area contributed by atoms with Gasteiger partial charge >= 0.3 is 0 Å². The Morgan fingerprint density at radius 1 is 0.944 bits per heavy atom. The van der Waals surface area contributed by atoms with Gasteiger partial charge in [-0.15, -0.1) is 0 Å². The molecule has 18 heavy (non-hydrogen) atoms. The number of hydrogen-bond donors (Lipinski definition) is 0. The van der Waals surface area contributed by atoms with Gasteiger partial charge in [-0.3, -0.25) is 0 Å². The second kappa shape index (κ2) is 5.50. The lowest BCUT2D eigenvalue weighted by Crippen LogP contribution is -2.42. The first-order chi connectivity index (χ1) is 8.79. The van der Waals surface area contributed by atoms with Crippen molar-refractivity contribution < 1.29 is 9.47 Å². The summed E-state index contributed by atoms with van der Waals surface area (Å²) in [6.07, 6.45) is 13.7. The second-order valence-corrected chi connectivity index (χ2v) is 6.76. The zero-order chi connectivity index (χ0) is 12.4. The molecule has 3 aliphatic rings. The molecule has 104 valence electrons. The zero-order valence-corrected chi connectivity index (χ0v) is 11.8. The van der Waals surface area contributed by atoms with E-state index >= 15 is 0 Å². The molecule has 0 aromatic carbocycles. The maximum Gasteiger partial charge on any atom is 0.169 e. The molecule has 1 spiro atoms. The molecule has 0 saturated carbocycles. The van der Waals surface area contributed by atoms with Gasteiger partial charge in [0.15, 0.2) is 5.79 Å². The molecule has 2 heteroatoms. The Labute approximate surface area is 111 Å². The lowest BCUT2D eigenvalue weighted by Gasteiger charge is -2.38. The first-order valence-electron chi connectivity index (χ1n) is 8.11. The number of hydrogen-bond acceptors (Lipinski definition) is 2. The van der Waals surface area contributed by atoms with Crippen molar-refractivity contribution in [2.45, 2.75) is 83.0 Å². The average Bonchev–Trinajstić information content (AvgIpc) is 2.64. The predicted molar refractivity (Wildman–Crippen MR) is 72.4 cm³/mol. The van der Waals surface area contributed by atoms with Crippen molar-refractivity contribution in [3.8, 4) is 0 Å². The Morgan fingerprint density at radius 3 is 2.50 bits per heavy atom. The highest BCUT2D eigenvalue weighted by atomic mass is 16.7. The van der Waals surface area contributed by atoms with Gasteiger partial charge in [-0.2, -0.15) is 0 Å². The summed E-state index contributed by atoms with van der Waals surface area (Å²) in [6.45, 7) is 3.31. The summed E-state index contributed by atoms with van der Waals surface area (Å²) in [5.41, 5.74) is 0. The van der Waals surface area contributed by atoms with E-state index in [4.69, 9.17) is 9.47 Å². The summed E-state index contributed by atoms with van der Waals surface area (Å²) < 4.78 is 12.5. The smallest absolute Gasteiger partial charge is 0.169 e. The molecule has 3 rings (SSSR count). The standard InChI is InChI=1S/C16H28O2/c1-13-11-16-10-8-6-4-2-3-5-7-9-14(12-17-16)15(13)18-16/h13-15H,2-12H2,1H3/t13-,14+,15+,16-/m0/s1. The Hall–Kier alpha value is -0.0800. The van der Waals surface area contributed by atoms with Gasteiger partial charge in [0.2, 0.25) is 0 Å². The Morgan fingerprint density at radius 2 is 1.67 bits per heavy atom. The fourth-order valence-corrected chi connectivity index (χ4v) is 4.19.